The molecule has 2 rings (SSSR count). The van der Waals surface area contributed by atoms with E-state index in [2.05, 4.69) is 0 Å². The van der Waals surface area contributed by atoms with Crippen molar-refractivity contribution in [2.75, 3.05) is 7.11 Å². The molecule has 19 heavy (non-hydrogen) atoms. The Bertz CT molecular complexity index is 444. The van der Waals surface area contributed by atoms with Crippen molar-refractivity contribution < 1.29 is 14.3 Å². The van der Waals surface area contributed by atoms with E-state index in [0.717, 1.165) is 23.7 Å². The van der Waals surface area contributed by atoms with E-state index >= 15 is 0 Å². The second-order valence-corrected chi connectivity index (χ2v) is 7.18. The van der Waals surface area contributed by atoms with Gasteiger partial charge in [-0.2, -0.15) is 0 Å². The molecular formula is C15H18O3Se. The molecule has 0 heterocycles. The maximum absolute atomic E-state index is 12.1. The number of hydrogen-bond donors (Lipinski definition) is 0. The Morgan fingerprint density at radius 1 is 1.26 bits per heavy atom. The monoisotopic (exact) mass is 326 g/mol. The first-order valence-electron chi connectivity index (χ1n) is 6.54. The fourth-order valence-electron chi connectivity index (χ4n) is 2.62. The van der Waals surface area contributed by atoms with Crippen molar-refractivity contribution in [3.05, 3.63) is 30.3 Å². The summed E-state index contributed by atoms with van der Waals surface area (Å²) in [6.45, 7) is 0. The summed E-state index contributed by atoms with van der Waals surface area (Å²) in [7, 11) is 1.42. The summed E-state index contributed by atoms with van der Waals surface area (Å²) in [5.41, 5.74) is 0. The SMILES string of the molecule is COC(=O)C1CCCC1CC(=O)[Se]c1ccccc1. The minimum absolute atomic E-state index is 0.0690. The molecule has 1 saturated carbocycles. The summed E-state index contributed by atoms with van der Waals surface area (Å²) in [4.78, 5) is 23.7. The zero-order valence-corrected chi connectivity index (χ0v) is 12.7. The number of benzene rings is 1. The van der Waals surface area contributed by atoms with Gasteiger partial charge in [0.2, 0.25) is 0 Å². The van der Waals surface area contributed by atoms with E-state index in [1.807, 2.05) is 30.3 Å². The molecule has 102 valence electrons. The van der Waals surface area contributed by atoms with Crippen molar-refractivity contribution in [1.82, 2.24) is 0 Å². The van der Waals surface area contributed by atoms with Crippen LogP contribution in [0.25, 0.3) is 0 Å². The van der Waals surface area contributed by atoms with Crippen LogP contribution >= 0.6 is 0 Å². The second kappa shape index (κ2) is 6.88. The number of esters is 1. The molecule has 2 unspecified atom stereocenters. The number of rotatable bonds is 5. The molecule has 0 aromatic heterocycles. The van der Waals surface area contributed by atoms with Gasteiger partial charge in [0.25, 0.3) is 0 Å². The number of ether oxygens (including phenoxy) is 1. The van der Waals surface area contributed by atoms with Crippen molar-refractivity contribution in [3.63, 3.8) is 0 Å². The Morgan fingerprint density at radius 2 is 2.00 bits per heavy atom. The fourth-order valence-corrected chi connectivity index (χ4v) is 4.41. The van der Waals surface area contributed by atoms with Gasteiger partial charge in [0.05, 0.1) is 0 Å². The number of hydrogen-bond acceptors (Lipinski definition) is 3. The van der Waals surface area contributed by atoms with E-state index in [1.54, 1.807) is 0 Å². The summed E-state index contributed by atoms with van der Waals surface area (Å²) in [5, 5.41) is 0. The summed E-state index contributed by atoms with van der Waals surface area (Å²) in [6, 6.07) is 9.84. The summed E-state index contributed by atoms with van der Waals surface area (Å²) >= 11 is -0.134. The van der Waals surface area contributed by atoms with E-state index < -0.39 is 0 Å². The average molecular weight is 325 g/mol. The summed E-state index contributed by atoms with van der Waals surface area (Å²) in [6.07, 6.45) is 3.38. The van der Waals surface area contributed by atoms with Gasteiger partial charge in [-0.25, -0.2) is 0 Å². The summed E-state index contributed by atoms with van der Waals surface area (Å²) < 4.78 is 6.20. The zero-order valence-electron chi connectivity index (χ0n) is 11.0. The Hall–Kier alpha value is -1.12. The van der Waals surface area contributed by atoms with Crippen molar-refractivity contribution >= 4 is 30.1 Å². The molecule has 4 heteroatoms. The van der Waals surface area contributed by atoms with Crippen LogP contribution < -0.4 is 4.46 Å². The minimum atomic E-state index is -0.150. The number of carbonyl (C=O) groups is 2. The second-order valence-electron chi connectivity index (χ2n) is 4.81. The summed E-state index contributed by atoms with van der Waals surface area (Å²) in [5.74, 6) is -0.0337. The molecule has 0 saturated heterocycles. The van der Waals surface area contributed by atoms with Crippen LogP contribution in [0.1, 0.15) is 25.7 Å². The van der Waals surface area contributed by atoms with Crippen LogP contribution in [0, 0.1) is 11.8 Å². The van der Waals surface area contributed by atoms with Crippen molar-refractivity contribution in [1.29, 1.82) is 0 Å². The van der Waals surface area contributed by atoms with Gasteiger partial charge >= 0.3 is 119 Å². The molecule has 3 nitrogen and oxygen atoms in total. The van der Waals surface area contributed by atoms with Crippen LogP contribution in [-0.4, -0.2) is 32.7 Å². The van der Waals surface area contributed by atoms with Gasteiger partial charge < -0.3 is 0 Å². The maximum atomic E-state index is 12.1. The van der Waals surface area contributed by atoms with Gasteiger partial charge in [-0.05, 0) is 0 Å². The molecule has 1 fully saturated rings. The van der Waals surface area contributed by atoms with E-state index in [9.17, 15) is 9.59 Å². The molecule has 0 aliphatic heterocycles. The molecule has 1 aromatic carbocycles. The topological polar surface area (TPSA) is 43.4 Å². The van der Waals surface area contributed by atoms with Crippen LogP contribution in [-0.2, 0) is 14.3 Å². The molecule has 1 aromatic rings. The van der Waals surface area contributed by atoms with E-state index in [1.165, 1.54) is 7.11 Å². The van der Waals surface area contributed by atoms with Crippen LogP contribution in [0.15, 0.2) is 30.3 Å². The fraction of sp³-hybridized carbons (Fsp3) is 0.467. The third-order valence-corrected chi connectivity index (χ3v) is 5.46. The normalized spacial score (nSPS) is 22.2. The molecule has 0 bridgehead atoms. The first kappa shape index (κ1) is 14.3. The Kier molecular flexibility index (Phi) is 5.17. The molecule has 0 N–H and O–H groups in total. The molecule has 0 spiro atoms. The molecule has 0 amide bonds. The Labute approximate surface area is 119 Å². The van der Waals surface area contributed by atoms with E-state index in [0.29, 0.717) is 6.42 Å². The number of methoxy groups -OCH3 is 1. The predicted octanol–water partition coefficient (Wildman–Crippen LogP) is 1.52. The first-order valence-corrected chi connectivity index (χ1v) is 8.25. The molecular weight excluding hydrogens is 307 g/mol. The molecule has 1 aliphatic rings. The Morgan fingerprint density at radius 3 is 2.68 bits per heavy atom. The van der Waals surface area contributed by atoms with Gasteiger partial charge in [0.1, 0.15) is 0 Å². The standard InChI is InChI=1S/C15H18O3Se/c1-18-15(17)13-9-5-6-11(13)10-14(16)19-12-7-3-2-4-8-12/h2-4,7-8,11,13H,5-6,9-10H2,1H3. The molecule has 1 aliphatic carbocycles. The molecule has 2 atom stereocenters. The Balaban J connectivity index is 1.90. The van der Waals surface area contributed by atoms with Crippen LogP contribution in [0.2, 0.25) is 0 Å². The van der Waals surface area contributed by atoms with Gasteiger partial charge in [0, 0.05) is 0 Å². The van der Waals surface area contributed by atoms with Gasteiger partial charge in [0.15, 0.2) is 0 Å². The third-order valence-electron chi connectivity index (χ3n) is 3.57. The van der Waals surface area contributed by atoms with Gasteiger partial charge in [-0.1, -0.05) is 0 Å². The zero-order chi connectivity index (χ0) is 13.7. The van der Waals surface area contributed by atoms with Gasteiger partial charge in [-0.3, -0.25) is 0 Å². The van der Waals surface area contributed by atoms with E-state index in [4.69, 9.17) is 4.74 Å². The predicted molar refractivity (Wildman–Crippen MR) is 74.3 cm³/mol. The quantitative estimate of drug-likeness (QED) is 0.609. The van der Waals surface area contributed by atoms with E-state index in [-0.39, 0.29) is 37.4 Å². The molecule has 0 radical (unpaired) electrons. The van der Waals surface area contributed by atoms with Crippen molar-refractivity contribution in [2.45, 2.75) is 25.7 Å². The third kappa shape index (κ3) is 3.92. The van der Waals surface area contributed by atoms with Crippen LogP contribution in [0.3, 0.4) is 0 Å². The van der Waals surface area contributed by atoms with Crippen LogP contribution in [0.5, 0.6) is 0 Å². The van der Waals surface area contributed by atoms with Crippen molar-refractivity contribution in [2.24, 2.45) is 11.8 Å². The van der Waals surface area contributed by atoms with Crippen molar-refractivity contribution in [3.8, 4) is 0 Å². The first-order chi connectivity index (χ1) is 9.20. The number of carbonyl (C=O) groups excluding carboxylic acids is 2. The average Bonchev–Trinajstić information content (AvgIpc) is 2.87. The van der Waals surface area contributed by atoms with Gasteiger partial charge in [-0.15, -0.1) is 0 Å². The van der Waals surface area contributed by atoms with Crippen LogP contribution in [0.4, 0.5) is 0 Å².